The summed E-state index contributed by atoms with van der Waals surface area (Å²) in [4.78, 5) is 1.46. The summed E-state index contributed by atoms with van der Waals surface area (Å²) in [5.74, 6) is 1.80. The van der Waals surface area contributed by atoms with Gasteiger partial charge in [0.05, 0.1) is 0 Å². The number of thioether (sulfide) groups is 1. The molecule has 0 spiro atoms. The van der Waals surface area contributed by atoms with E-state index < -0.39 is 0 Å². The van der Waals surface area contributed by atoms with Gasteiger partial charge in [-0.25, -0.2) is 0 Å². The predicted molar refractivity (Wildman–Crippen MR) is 48.7 cm³/mol. The first kappa shape index (κ1) is 7.67. The highest BCUT2D eigenvalue weighted by atomic mass is 32.2. The van der Waals surface area contributed by atoms with Crippen LogP contribution in [0.1, 0.15) is 20.9 Å². The molecule has 0 atom stereocenters. The third-order valence-electron chi connectivity index (χ3n) is 1.81. The first-order valence-corrected chi connectivity index (χ1v) is 5.36. The molecular formula is C8H4N2S2. The molecule has 58 valence electrons. The summed E-state index contributed by atoms with van der Waals surface area (Å²) in [5, 5.41) is 17.5. The Morgan fingerprint density at radius 3 is 1.92 bits per heavy atom. The second-order valence-corrected chi connectivity index (χ2v) is 4.44. The van der Waals surface area contributed by atoms with Crippen molar-refractivity contribution in [3.63, 3.8) is 0 Å². The fourth-order valence-corrected chi connectivity index (χ4v) is 3.50. The van der Waals surface area contributed by atoms with Gasteiger partial charge in [-0.05, 0) is 11.1 Å². The molecule has 0 bridgehead atoms. The van der Waals surface area contributed by atoms with Crippen LogP contribution in [0.2, 0.25) is 0 Å². The van der Waals surface area contributed by atoms with Crippen LogP contribution in [-0.2, 0) is 11.5 Å². The zero-order valence-corrected chi connectivity index (χ0v) is 7.76. The van der Waals surface area contributed by atoms with Crippen LogP contribution in [0.15, 0.2) is 0 Å². The standard InChI is InChI=1S/C8H4N2S2/c9-1-7-5-3-11-4-6(5)8(2-10)12-7/h3-4H2. The summed E-state index contributed by atoms with van der Waals surface area (Å²) in [6, 6.07) is 4.27. The largest absolute Gasteiger partial charge is 0.192 e. The molecule has 0 fully saturated rings. The van der Waals surface area contributed by atoms with E-state index in [2.05, 4.69) is 12.1 Å². The number of hydrogen-bond acceptors (Lipinski definition) is 4. The van der Waals surface area contributed by atoms with E-state index in [1.807, 2.05) is 0 Å². The third kappa shape index (κ3) is 0.929. The Labute approximate surface area is 78.4 Å². The number of nitrogens with zero attached hydrogens (tertiary/aromatic N) is 2. The molecule has 1 aliphatic rings. The zero-order valence-electron chi connectivity index (χ0n) is 6.13. The van der Waals surface area contributed by atoms with Crippen molar-refractivity contribution in [3.8, 4) is 12.1 Å². The highest BCUT2D eigenvalue weighted by Gasteiger charge is 2.22. The quantitative estimate of drug-likeness (QED) is 0.633. The Balaban J connectivity index is 2.66. The average molecular weight is 192 g/mol. The summed E-state index contributed by atoms with van der Waals surface area (Å²) in [5.41, 5.74) is 2.20. The van der Waals surface area contributed by atoms with Gasteiger partial charge in [-0.15, -0.1) is 11.3 Å². The minimum Gasteiger partial charge on any atom is -0.192 e. The Bertz CT molecular complexity index is 369. The monoisotopic (exact) mass is 192 g/mol. The SMILES string of the molecule is N#Cc1sc(C#N)c2c1CSC2. The number of fused-ring (bicyclic) bond motifs is 1. The lowest BCUT2D eigenvalue weighted by molar-refractivity contribution is 1.36. The molecule has 12 heavy (non-hydrogen) atoms. The summed E-state index contributed by atoms with van der Waals surface area (Å²) in [6.45, 7) is 0. The molecule has 0 aliphatic carbocycles. The van der Waals surface area contributed by atoms with Gasteiger partial charge < -0.3 is 0 Å². The van der Waals surface area contributed by atoms with E-state index in [1.165, 1.54) is 11.3 Å². The molecule has 0 radical (unpaired) electrons. The fourth-order valence-electron chi connectivity index (χ4n) is 1.24. The van der Waals surface area contributed by atoms with Crippen molar-refractivity contribution in [2.24, 2.45) is 0 Å². The summed E-state index contributed by atoms with van der Waals surface area (Å²) in [6.07, 6.45) is 0. The van der Waals surface area contributed by atoms with Crippen molar-refractivity contribution in [2.75, 3.05) is 0 Å². The van der Waals surface area contributed by atoms with Gasteiger partial charge in [-0.3, -0.25) is 0 Å². The van der Waals surface area contributed by atoms with Gasteiger partial charge in [0.25, 0.3) is 0 Å². The molecule has 0 saturated carbocycles. The first-order valence-electron chi connectivity index (χ1n) is 3.39. The van der Waals surface area contributed by atoms with Crippen LogP contribution < -0.4 is 0 Å². The van der Waals surface area contributed by atoms with Gasteiger partial charge >= 0.3 is 0 Å². The average Bonchev–Trinajstić information content (AvgIpc) is 2.63. The lowest BCUT2D eigenvalue weighted by atomic mass is 10.1. The predicted octanol–water partition coefficient (Wildman–Crippen LogP) is 2.24. The maximum Gasteiger partial charge on any atom is 0.110 e. The van der Waals surface area contributed by atoms with Crippen LogP contribution in [-0.4, -0.2) is 0 Å². The van der Waals surface area contributed by atoms with Crippen molar-refractivity contribution in [2.45, 2.75) is 11.5 Å². The summed E-state index contributed by atoms with van der Waals surface area (Å²) >= 11 is 3.10. The van der Waals surface area contributed by atoms with E-state index in [0.29, 0.717) is 0 Å². The van der Waals surface area contributed by atoms with E-state index >= 15 is 0 Å². The normalized spacial score (nSPS) is 13.5. The van der Waals surface area contributed by atoms with Crippen LogP contribution in [0.4, 0.5) is 0 Å². The lowest BCUT2D eigenvalue weighted by Crippen LogP contribution is -1.78. The third-order valence-corrected chi connectivity index (χ3v) is 3.88. The Kier molecular flexibility index (Phi) is 1.80. The van der Waals surface area contributed by atoms with E-state index in [0.717, 1.165) is 32.4 Å². The van der Waals surface area contributed by atoms with Gasteiger partial charge in [0.1, 0.15) is 21.9 Å². The molecule has 2 nitrogen and oxygen atoms in total. The van der Waals surface area contributed by atoms with Crippen molar-refractivity contribution >= 4 is 23.1 Å². The summed E-state index contributed by atoms with van der Waals surface area (Å²) < 4.78 is 0. The molecule has 2 rings (SSSR count). The van der Waals surface area contributed by atoms with Gasteiger partial charge in [-0.1, -0.05) is 0 Å². The van der Waals surface area contributed by atoms with Crippen LogP contribution in [0.3, 0.4) is 0 Å². The van der Waals surface area contributed by atoms with E-state index in [4.69, 9.17) is 10.5 Å². The Morgan fingerprint density at radius 2 is 1.50 bits per heavy atom. The Hall–Kier alpha value is -0.970. The molecular weight excluding hydrogens is 188 g/mol. The second-order valence-electron chi connectivity index (χ2n) is 2.43. The summed E-state index contributed by atoms with van der Waals surface area (Å²) in [7, 11) is 0. The van der Waals surface area contributed by atoms with Crippen LogP contribution in [0.25, 0.3) is 0 Å². The van der Waals surface area contributed by atoms with Crippen LogP contribution in [0.5, 0.6) is 0 Å². The molecule has 2 heterocycles. The Morgan fingerprint density at radius 1 is 1.00 bits per heavy atom. The van der Waals surface area contributed by atoms with Crippen molar-refractivity contribution in [3.05, 3.63) is 20.9 Å². The molecule has 0 saturated heterocycles. The minimum absolute atomic E-state index is 0.728. The molecule has 1 aliphatic heterocycles. The van der Waals surface area contributed by atoms with E-state index in [-0.39, 0.29) is 0 Å². The molecule has 0 N–H and O–H groups in total. The second kappa shape index (κ2) is 2.82. The van der Waals surface area contributed by atoms with E-state index in [9.17, 15) is 0 Å². The maximum absolute atomic E-state index is 8.75. The van der Waals surface area contributed by atoms with Crippen molar-refractivity contribution in [1.29, 1.82) is 10.5 Å². The van der Waals surface area contributed by atoms with Crippen LogP contribution >= 0.6 is 23.1 Å². The van der Waals surface area contributed by atoms with Gasteiger partial charge in [0.15, 0.2) is 0 Å². The number of hydrogen-bond donors (Lipinski definition) is 0. The first-order chi connectivity index (χ1) is 5.86. The fraction of sp³-hybridized carbons (Fsp3) is 0.250. The smallest absolute Gasteiger partial charge is 0.110 e. The highest BCUT2D eigenvalue weighted by molar-refractivity contribution is 7.98. The molecule has 1 aromatic rings. The van der Waals surface area contributed by atoms with E-state index in [1.54, 1.807) is 11.8 Å². The van der Waals surface area contributed by atoms with Gasteiger partial charge in [-0.2, -0.15) is 22.3 Å². The molecule has 0 aromatic carbocycles. The minimum atomic E-state index is 0.728. The number of thiophene rings is 1. The van der Waals surface area contributed by atoms with Gasteiger partial charge in [0, 0.05) is 11.5 Å². The molecule has 0 unspecified atom stereocenters. The molecule has 0 amide bonds. The molecule has 4 heteroatoms. The maximum atomic E-state index is 8.75. The lowest BCUT2D eigenvalue weighted by Gasteiger charge is -1.84. The van der Waals surface area contributed by atoms with Crippen molar-refractivity contribution in [1.82, 2.24) is 0 Å². The van der Waals surface area contributed by atoms with Crippen molar-refractivity contribution < 1.29 is 0 Å². The highest BCUT2D eigenvalue weighted by Crippen LogP contribution is 2.39. The van der Waals surface area contributed by atoms with Gasteiger partial charge in [0.2, 0.25) is 0 Å². The van der Waals surface area contributed by atoms with Crippen LogP contribution in [0, 0.1) is 22.7 Å². The number of nitriles is 2. The zero-order chi connectivity index (χ0) is 8.55. The topological polar surface area (TPSA) is 47.6 Å². The molecule has 1 aromatic heterocycles. The number of rotatable bonds is 0.